The molecular weight excluding hydrogens is 330 g/mol. The summed E-state index contributed by atoms with van der Waals surface area (Å²) >= 11 is 0. The highest BCUT2D eigenvalue weighted by Crippen LogP contribution is 2.43. The predicted molar refractivity (Wildman–Crippen MR) is 76.4 cm³/mol. The molecule has 0 bridgehead atoms. The molecule has 0 atom stereocenters. The lowest BCUT2D eigenvalue weighted by atomic mass is 9.91. The van der Waals surface area contributed by atoms with Crippen LogP contribution in [0.2, 0.25) is 0 Å². The number of nitro groups is 3. The Bertz CT molecular complexity index is 643. The fourth-order valence-electron chi connectivity index (χ4n) is 2.26. The maximum Gasteiger partial charge on any atom is 0.304 e. The number of carbonyl (C=O) groups excluding carboxylic acids is 3. The summed E-state index contributed by atoms with van der Waals surface area (Å²) in [7, 11) is 0. The smallest absolute Gasteiger partial charge is 0.294 e. The van der Waals surface area contributed by atoms with E-state index in [1.165, 1.54) is 0 Å². The fourth-order valence-corrected chi connectivity index (χ4v) is 2.26. The van der Waals surface area contributed by atoms with Crippen molar-refractivity contribution in [1.29, 1.82) is 0 Å². The average molecular weight is 339 g/mol. The Kier molecular flexibility index (Phi) is 4.83. The van der Waals surface area contributed by atoms with Gasteiger partial charge in [0.1, 0.15) is 0 Å². The summed E-state index contributed by atoms with van der Waals surface area (Å²) in [5.74, 6) is -3.56. The fraction of sp³-hybridized carbons (Fsp3) is 0.250. The highest BCUT2D eigenvalue weighted by molar-refractivity contribution is 6.17. The Morgan fingerprint density at radius 1 is 0.583 bits per heavy atom. The number of rotatable bonds is 6. The highest BCUT2D eigenvalue weighted by Gasteiger charge is 2.46. The van der Waals surface area contributed by atoms with Gasteiger partial charge in [0.15, 0.2) is 34.0 Å². The van der Waals surface area contributed by atoms with Gasteiger partial charge in [0.2, 0.25) is 0 Å². The van der Waals surface area contributed by atoms with Crippen LogP contribution in [0.4, 0.5) is 17.1 Å². The molecule has 0 radical (unpaired) electrons. The minimum Gasteiger partial charge on any atom is -0.294 e. The van der Waals surface area contributed by atoms with E-state index in [0.29, 0.717) is 0 Å². The minimum atomic E-state index is -1.36. The van der Waals surface area contributed by atoms with Gasteiger partial charge in [-0.3, -0.25) is 44.7 Å². The predicted octanol–water partition coefficient (Wildman–Crippen LogP) is 2.02. The Hall–Kier alpha value is -3.57. The van der Waals surface area contributed by atoms with E-state index in [0.717, 1.165) is 20.8 Å². The SMILES string of the molecule is CC(=O)c1c([N+](=O)[O-])c(C(C)=O)c([N+](=O)[O-])c(C(C)=O)c1[N+](=O)[O-]. The maximum atomic E-state index is 11.7. The largest absolute Gasteiger partial charge is 0.304 e. The number of Topliss-reactive ketones (excluding diaryl/α,β-unsaturated/α-hetero) is 3. The van der Waals surface area contributed by atoms with Gasteiger partial charge in [0, 0.05) is 0 Å². The third-order valence-corrected chi connectivity index (χ3v) is 3.02. The first-order chi connectivity index (χ1) is 10.9. The van der Waals surface area contributed by atoms with Crippen LogP contribution in [0.15, 0.2) is 0 Å². The van der Waals surface area contributed by atoms with Gasteiger partial charge in [0.25, 0.3) is 0 Å². The first kappa shape index (κ1) is 18.5. The van der Waals surface area contributed by atoms with Crippen LogP contribution < -0.4 is 0 Å². The molecule has 0 unspecified atom stereocenters. The summed E-state index contributed by atoms with van der Waals surface area (Å²) in [6, 6.07) is 0. The van der Waals surface area contributed by atoms with E-state index in [-0.39, 0.29) is 0 Å². The molecule has 0 aliphatic carbocycles. The summed E-state index contributed by atoms with van der Waals surface area (Å²) < 4.78 is 0. The van der Waals surface area contributed by atoms with Crippen LogP contribution in [-0.4, -0.2) is 32.1 Å². The van der Waals surface area contributed by atoms with E-state index >= 15 is 0 Å². The Morgan fingerprint density at radius 2 is 0.750 bits per heavy atom. The molecule has 1 aromatic carbocycles. The van der Waals surface area contributed by atoms with Crippen LogP contribution in [0.25, 0.3) is 0 Å². The van der Waals surface area contributed by atoms with Crippen molar-refractivity contribution >= 4 is 34.4 Å². The van der Waals surface area contributed by atoms with Gasteiger partial charge in [-0.05, 0) is 20.8 Å². The molecule has 12 nitrogen and oxygen atoms in total. The molecule has 0 heterocycles. The molecule has 24 heavy (non-hydrogen) atoms. The second-order valence-electron chi connectivity index (χ2n) is 4.61. The topological polar surface area (TPSA) is 181 Å². The van der Waals surface area contributed by atoms with Crippen LogP contribution in [0, 0.1) is 30.3 Å². The number of nitro benzene ring substituents is 3. The molecule has 12 heteroatoms. The van der Waals surface area contributed by atoms with Crippen molar-refractivity contribution in [3.05, 3.63) is 47.0 Å². The van der Waals surface area contributed by atoms with E-state index in [2.05, 4.69) is 0 Å². The second-order valence-corrected chi connectivity index (χ2v) is 4.61. The molecule has 0 saturated heterocycles. The maximum absolute atomic E-state index is 11.7. The number of ketones is 3. The summed E-state index contributed by atoms with van der Waals surface area (Å²) in [6.45, 7) is 2.24. The van der Waals surface area contributed by atoms with Crippen LogP contribution in [0.5, 0.6) is 0 Å². The highest BCUT2D eigenvalue weighted by atomic mass is 16.6. The lowest BCUT2D eigenvalue weighted by Crippen LogP contribution is -2.17. The van der Waals surface area contributed by atoms with Gasteiger partial charge < -0.3 is 0 Å². The third kappa shape index (κ3) is 2.84. The number of hydrogen-bond donors (Lipinski definition) is 0. The van der Waals surface area contributed by atoms with Crippen molar-refractivity contribution in [2.24, 2.45) is 0 Å². The zero-order chi connectivity index (χ0) is 18.9. The standard InChI is InChI=1S/C12H9N3O9/c1-4(16)7-10(13(19)20)8(5(2)17)12(15(23)24)9(6(3)18)11(7)14(21)22/h1-3H3. The number of nitrogens with zero attached hydrogens (tertiary/aromatic N) is 3. The quantitative estimate of drug-likeness (QED) is 0.425. The van der Waals surface area contributed by atoms with E-state index in [1.54, 1.807) is 0 Å². The van der Waals surface area contributed by atoms with E-state index in [9.17, 15) is 44.7 Å². The van der Waals surface area contributed by atoms with Crippen LogP contribution in [0.3, 0.4) is 0 Å². The lowest BCUT2D eigenvalue weighted by molar-refractivity contribution is -0.404. The normalized spacial score (nSPS) is 10.1. The van der Waals surface area contributed by atoms with Gasteiger partial charge in [0.05, 0.1) is 14.8 Å². The zero-order valence-electron chi connectivity index (χ0n) is 12.5. The van der Waals surface area contributed by atoms with Gasteiger partial charge >= 0.3 is 17.1 Å². The summed E-state index contributed by atoms with van der Waals surface area (Å²) in [5.41, 5.74) is -7.49. The van der Waals surface area contributed by atoms with Crippen molar-refractivity contribution in [2.75, 3.05) is 0 Å². The molecule has 0 aliphatic rings. The van der Waals surface area contributed by atoms with E-state index in [1.807, 2.05) is 0 Å². The van der Waals surface area contributed by atoms with Crippen molar-refractivity contribution < 1.29 is 29.2 Å². The van der Waals surface area contributed by atoms with Crippen molar-refractivity contribution in [3.63, 3.8) is 0 Å². The Morgan fingerprint density at radius 3 is 0.833 bits per heavy atom. The van der Waals surface area contributed by atoms with E-state index < -0.39 is 65.9 Å². The summed E-state index contributed by atoms with van der Waals surface area (Å²) in [6.07, 6.45) is 0. The summed E-state index contributed by atoms with van der Waals surface area (Å²) in [4.78, 5) is 65.1. The van der Waals surface area contributed by atoms with Gasteiger partial charge in [-0.15, -0.1) is 0 Å². The molecule has 0 saturated carbocycles. The molecule has 0 amide bonds. The monoisotopic (exact) mass is 339 g/mol. The molecule has 0 aliphatic heterocycles. The third-order valence-electron chi connectivity index (χ3n) is 3.02. The second kappa shape index (κ2) is 6.28. The van der Waals surface area contributed by atoms with Gasteiger partial charge in [-0.2, -0.15) is 0 Å². The Balaban J connectivity index is 4.50. The number of carbonyl (C=O) groups is 3. The van der Waals surface area contributed by atoms with Crippen LogP contribution in [0.1, 0.15) is 51.8 Å². The lowest BCUT2D eigenvalue weighted by Gasteiger charge is -2.09. The molecule has 126 valence electrons. The molecule has 1 aromatic rings. The molecular formula is C12H9N3O9. The first-order valence-corrected chi connectivity index (χ1v) is 6.13. The molecule has 0 fully saturated rings. The Labute approximate surface area is 132 Å². The van der Waals surface area contributed by atoms with Gasteiger partial charge in [-0.1, -0.05) is 0 Å². The first-order valence-electron chi connectivity index (χ1n) is 6.13. The number of hydrogen-bond acceptors (Lipinski definition) is 9. The zero-order valence-corrected chi connectivity index (χ0v) is 12.5. The molecule has 1 rings (SSSR count). The van der Waals surface area contributed by atoms with Crippen LogP contribution >= 0.6 is 0 Å². The minimum absolute atomic E-state index is 0.745. The summed E-state index contributed by atoms with van der Waals surface area (Å²) in [5, 5.41) is 33.8. The average Bonchev–Trinajstić information content (AvgIpc) is 2.42. The van der Waals surface area contributed by atoms with Crippen LogP contribution in [-0.2, 0) is 0 Å². The number of benzene rings is 1. The molecule has 0 spiro atoms. The van der Waals surface area contributed by atoms with Crippen molar-refractivity contribution in [2.45, 2.75) is 20.8 Å². The molecule has 0 N–H and O–H groups in total. The molecule has 0 aromatic heterocycles. The van der Waals surface area contributed by atoms with Gasteiger partial charge in [-0.25, -0.2) is 0 Å². The van der Waals surface area contributed by atoms with Crippen molar-refractivity contribution in [3.8, 4) is 0 Å². The van der Waals surface area contributed by atoms with E-state index in [4.69, 9.17) is 0 Å². The van der Waals surface area contributed by atoms with Crippen molar-refractivity contribution in [1.82, 2.24) is 0 Å².